The van der Waals surface area contributed by atoms with Gasteiger partial charge in [0, 0.05) is 25.7 Å². The van der Waals surface area contributed by atoms with Gasteiger partial charge in [-0.2, -0.15) is 4.98 Å². The van der Waals surface area contributed by atoms with Crippen LogP contribution in [0.5, 0.6) is 5.75 Å². The van der Waals surface area contributed by atoms with Gasteiger partial charge < -0.3 is 14.6 Å². The molecule has 0 unspecified atom stereocenters. The predicted octanol–water partition coefficient (Wildman–Crippen LogP) is 1.42. The van der Waals surface area contributed by atoms with E-state index < -0.39 is 23.7 Å². The lowest BCUT2D eigenvalue weighted by Crippen LogP contribution is -2.45. The van der Waals surface area contributed by atoms with Gasteiger partial charge in [-0.1, -0.05) is 23.7 Å². The summed E-state index contributed by atoms with van der Waals surface area (Å²) in [4.78, 5) is 43.3. The van der Waals surface area contributed by atoms with Gasteiger partial charge in [-0.05, 0) is 37.0 Å². The molecule has 32 heavy (non-hydrogen) atoms. The Balaban J connectivity index is 1.66. The van der Waals surface area contributed by atoms with E-state index in [0.717, 1.165) is 29.4 Å². The molecule has 0 radical (unpaired) electrons. The molecule has 1 N–H and O–H groups in total. The quantitative estimate of drug-likeness (QED) is 0.616. The standard InChI is InChI=1S/C22H25N5O5/c1-14-24-20(25-32-14)19-17-9-4-3-5-10-26(17)22(30)27(21(19)29)13-18(28)23-12-15-7-6-8-16(11-15)31-2/h6-8,11H,3-5,9-10,12-13H2,1-2H3,(H,23,28). The first-order chi connectivity index (χ1) is 15.5. The lowest BCUT2D eigenvalue weighted by molar-refractivity contribution is -0.121. The molecule has 4 rings (SSSR count). The van der Waals surface area contributed by atoms with Crippen molar-refractivity contribution < 1.29 is 14.1 Å². The number of carbonyl (C=O) groups is 1. The third kappa shape index (κ3) is 4.34. The first-order valence-electron chi connectivity index (χ1n) is 10.5. The normalized spacial score (nSPS) is 13.3. The number of fused-ring (bicyclic) bond motifs is 1. The fourth-order valence-corrected chi connectivity index (χ4v) is 3.92. The van der Waals surface area contributed by atoms with E-state index in [1.807, 2.05) is 18.2 Å². The number of rotatable bonds is 6. The number of amides is 1. The monoisotopic (exact) mass is 439 g/mol. The molecule has 2 aromatic heterocycles. The smallest absolute Gasteiger partial charge is 0.331 e. The van der Waals surface area contributed by atoms with Crippen molar-refractivity contribution in [3.63, 3.8) is 0 Å². The highest BCUT2D eigenvalue weighted by Gasteiger charge is 2.25. The number of nitrogens with zero attached hydrogens (tertiary/aromatic N) is 4. The summed E-state index contributed by atoms with van der Waals surface area (Å²) in [5.74, 6) is 0.692. The summed E-state index contributed by atoms with van der Waals surface area (Å²) in [6.45, 7) is 1.96. The fraction of sp³-hybridized carbons (Fsp3) is 0.409. The maximum Gasteiger partial charge on any atom is 0.331 e. The molecule has 3 heterocycles. The first kappa shape index (κ1) is 21.5. The van der Waals surface area contributed by atoms with E-state index in [-0.39, 0.29) is 17.9 Å². The van der Waals surface area contributed by atoms with E-state index in [4.69, 9.17) is 9.26 Å². The van der Waals surface area contributed by atoms with Crippen LogP contribution in [0.2, 0.25) is 0 Å². The third-order valence-corrected chi connectivity index (χ3v) is 5.51. The Hall–Kier alpha value is -3.69. The molecule has 1 aliphatic rings. The second kappa shape index (κ2) is 9.21. The van der Waals surface area contributed by atoms with Crippen LogP contribution in [0.3, 0.4) is 0 Å². The third-order valence-electron chi connectivity index (χ3n) is 5.51. The van der Waals surface area contributed by atoms with Gasteiger partial charge in [-0.25, -0.2) is 4.79 Å². The maximum atomic E-state index is 13.3. The minimum absolute atomic E-state index is 0.142. The zero-order valence-corrected chi connectivity index (χ0v) is 18.1. The van der Waals surface area contributed by atoms with Crippen LogP contribution >= 0.6 is 0 Å². The van der Waals surface area contributed by atoms with Gasteiger partial charge in [-0.3, -0.25) is 18.7 Å². The number of carbonyl (C=O) groups excluding carboxylic acids is 1. The lowest BCUT2D eigenvalue weighted by atomic mass is 10.1. The molecule has 168 valence electrons. The van der Waals surface area contributed by atoms with Crippen molar-refractivity contribution in [1.29, 1.82) is 0 Å². The molecule has 0 bridgehead atoms. The minimum Gasteiger partial charge on any atom is -0.497 e. The number of benzene rings is 1. The molecule has 0 saturated carbocycles. The lowest BCUT2D eigenvalue weighted by Gasteiger charge is -2.16. The van der Waals surface area contributed by atoms with Crippen LogP contribution < -0.4 is 21.3 Å². The Morgan fingerprint density at radius 2 is 2.09 bits per heavy atom. The number of hydrogen-bond acceptors (Lipinski definition) is 7. The van der Waals surface area contributed by atoms with Crippen LogP contribution in [0.15, 0.2) is 38.4 Å². The van der Waals surface area contributed by atoms with Crippen LogP contribution in [0.25, 0.3) is 11.4 Å². The van der Waals surface area contributed by atoms with Crippen LogP contribution in [0, 0.1) is 6.92 Å². The van der Waals surface area contributed by atoms with Crippen LogP contribution in [0.1, 0.15) is 36.4 Å². The Bertz CT molecular complexity index is 1260. The zero-order chi connectivity index (χ0) is 22.7. The number of aromatic nitrogens is 4. The van der Waals surface area contributed by atoms with Crippen molar-refractivity contribution in [3.05, 3.63) is 62.3 Å². The van der Waals surface area contributed by atoms with Gasteiger partial charge in [0.05, 0.1) is 7.11 Å². The molecule has 1 aromatic carbocycles. The molecule has 1 amide bonds. The van der Waals surface area contributed by atoms with E-state index in [1.54, 1.807) is 24.7 Å². The van der Waals surface area contributed by atoms with Gasteiger partial charge in [0.15, 0.2) is 0 Å². The molecule has 10 nitrogen and oxygen atoms in total. The van der Waals surface area contributed by atoms with E-state index in [9.17, 15) is 14.4 Å². The molecule has 10 heteroatoms. The summed E-state index contributed by atoms with van der Waals surface area (Å²) in [6.07, 6.45) is 3.18. The molecule has 0 atom stereocenters. The largest absolute Gasteiger partial charge is 0.497 e. The first-order valence-corrected chi connectivity index (χ1v) is 10.5. The van der Waals surface area contributed by atoms with E-state index in [1.165, 1.54) is 0 Å². The zero-order valence-electron chi connectivity index (χ0n) is 18.1. The Morgan fingerprint density at radius 1 is 1.25 bits per heavy atom. The van der Waals surface area contributed by atoms with Gasteiger partial charge in [0.25, 0.3) is 5.56 Å². The van der Waals surface area contributed by atoms with E-state index in [0.29, 0.717) is 30.3 Å². The Kier molecular flexibility index (Phi) is 6.20. The van der Waals surface area contributed by atoms with Crippen LogP contribution in [0.4, 0.5) is 0 Å². The molecule has 1 aliphatic heterocycles. The number of ether oxygens (including phenoxy) is 1. The number of aryl methyl sites for hydroxylation is 1. The SMILES string of the molecule is COc1cccc(CNC(=O)Cn2c(=O)c(-c3noc(C)n3)c3n(c2=O)CCCCC3)c1. The van der Waals surface area contributed by atoms with E-state index in [2.05, 4.69) is 15.5 Å². The van der Waals surface area contributed by atoms with Crippen LogP contribution in [-0.4, -0.2) is 32.3 Å². The van der Waals surface area contributed by atoms with Crippen molar-refractivity contribution in [3.8, 4) is 17.1 Å². The van der Waals surface area contributed by atoms with Crippen molar-refractivity contribution >= 4 is 5.91 Å². The highest BCUT2D eigenvalue weighted by atomic mass is 16.5. The Labute approximate surface area is 183 Å². The molecular formula is C22H25N5O5. The van der Waals surface area contributed by atoms with Crippen molar-refractivity contribution in [1.82, 2.24) is 24.6 Å². The summed E-state index contributed by atoms with van der Waals surface area (Å²) in [6, 6.07) is 7.29. The second-order valence-electron chi connectivity index (χ2n) is 7.72. The average molecular weight is 439 g/mol. The minimum atomic E-state index is -0.583. The summed E-state index contributed by atoms with van der Waals surface area (Å²) in [5, 5.41) is 6.66. The van der Waals surface area contributed by atoms with Crippen molar-refractivity contribution in [2.24, 2.45) is 0 Å². The molecule has 0 saturated heterocycles. The maximum absolute atomic E-state index is 13.3. The average Bonchev–Trinajstić information content (AvgIpc) is 3.07. The summed E-state index contributed by atoms with van der Waals surface area (Å²) in [7, 11) is 1.57. The Morgan fingerprint density at radius 3 is 2.84 bits per heavy atom. The van der Waals surface area contributed by atoms with Gasteiger partial charge >= 0.3 is 5.69 Å². The molecule has 0 aliphatic carbocycles. The number of hydrogen-bond donors (Lipinski definition) is 1. The highest BCUT2D eigenvalue weighted by molar-refractivity contribution is 5.75. The second-order valence-corrected chi connectivity index (χ2v) is 7.72. The number of methoxy groups -OCH3 is 1. The fourth-order valence-electron chi connectivity index (χ4n) is 3.92. The van der Waals surface area contributed by atoms with Gasteiger partial charge in [0.1, 0.15) is 17.9 Å². The molecule has 3 aromatic rings. The molecule has 0 fully saturated rings. The van der Waals surface area contributed by atoms with Gasteiger partial charge in [-0.15, -0.1) is 0 Å². The summed E-state index contributed by atoms with van der Waals surface area (Å²) < 4.78 is 12.8. The van der Waals surface area contributed by atoms with Crippen molar-refractivity contribution in [2.75, 3.05) is 7.11 Å². The topological polar surface area (TPSA) is 121 Å². The number of nitrogens with one attached hydrogen (secondary N) is 1. The van der Waals surface area contributed by atoms with E-state index >= 15 is 0 Å². The summed E-state index contributed by atoms with van der Waals surface area (Å²) in [5.41, 5.74) is 0.592. The van der Waals surface area contributed by atoms with Crippen LogP contribution in [-0.2, 0) is 30.8 Å². The van der Waals surface area contributed by atoms with Crippen molar-refractivity contribution in [2.45, 2.75) is 52.2 Å². The molecular weight excluding hydrogens is 414 g/mol. The molecule has 0 spiro atoms. The summed E-state index contributed by atoms with van der Waals surface area (Å²) >= 11 is 0. The van der Waals surface area contributed by atoms with Gasteiger partial charge in [0.2, 0.25) is 17.6 Å². The highest BCUT2D eigenvalue weighted by Crippen LogP contribution is 2.21. The predicted molar refractivity (Wildman–Crippen MR) is 115 cm³/mol.